The summed E-state index contributed by atoms with van der Waals surface area (Å²) in [6, 6.07) is 0. The van der Waals surface area contributed by atoms with Crippen LogP contribution in [0.4, 0.5) is 0 Å². The molecule has 0 aromatic carbocycles. The van der Waals surface area contributed by atoms with E-state index in [1.807, 2.05) is 11.9 Å². The predicted octanol–water partition coefficient (Wildman–Crippen LogP) is 3.16. The Balaban J connectivity index is 1.24. The third-order valence-corrected chi connectivity index (χ3v) is 6.51. The molecule has 0 spiro atoms. The van der Waals surface area contributed by atoms with Crippen LogP contribution in [0.5, 0.6) is 0 Å². The highest BCUT2D eigenvalue weighted by atomic mass is 32.2. The van der Waals surface area contributed by atoms with Gasteiger partial charge in [-0.05, 0) is 69.4 Å². The molecule has 0 bridgehead atoms. The molecular formula is C17H32N2OS. The quantitative estimate of drug-likeness (QED) is 0.730. The van der Waals surface area contributed by atoms with Crippen LogP contribution in [0.1, 0.15) is 45.4 Å². The van der Waals surface area contributed by atoms with Gasteiger partial charge < -0.3 is 10.1 Å². The Morgan fingerprint density at radius 3 is 2.62 bits per heavy atom. The molecule has 122 valence electrons. The molecule has 2 heterocycles. The van der Waals surface area contributed by atoms with E-state index in [-0.39, 0.29) is 0 Å². The number of rotatable bonds is 7. The van der Waals surface area contributed by atoms with E-state index in [4.69, 9.17) is 4.74 Å². The van der Waals surface area contributed by atoms with Crippen molar-refractivity contribution in [1.29, 1.82) is 0 Å². The smallest absolute Gasteiger partial charge is 0.0600 e. The van der Waals surface area contributed by atoms with E-state index in [0.717, 1.165) is 24.4 Å². The van der Waals surface area contributed by atoms with Gasteiger partial charge >= 0.3 is 0 Å². The van der Waals surface area contributed by atoms with Gasteiger partial charge in [-0.2, -0.15) is 0 Å². The molecule has 3 nitrogen and oxygen atoms in total. The summed E-state index contributed by atoms with van der Waals surface area (Å²) in [4.78, 5) is 0. The second kappa shape index (κ2) is 8.19. The van der Waals surface area contributed by atoms with Gasteiger partial charge in [0.2, 0.25) is 0 Å². The monoisotopic (exact) mass is 312 g/mol. The fraction of sp³-hybridized carbons (Fsp3) is 1.00. The fourth-order valence-corrected chi connectivity index (χ4v) is 4.98. The van der Waals surface area contributed by atoms with E-state index in [9.17, 15) is 0 Å². The van der Waals surface area contributed by atoms with Crippen LogP contribution in [-0.2, 0) is 4.74 Å². The summed E-state index contributed by atoms with van der Waals surface area (Å²) in [5.74, 6) is 4.25. The maximum Gasteiger partial charge on any atom is 0.0600 e. The molecule has 3 aliphatic rings. The van der Waals surface area contributed by atoms with E-state index in [1.54, 1.807) is 0 Å². The molecule has 3 rings (SSSR count). The minimum atomic E-state index is 0.537. The number of ether oxygens (including phenoxy) is 1. The van der Waals surface area contributed by atoms with Crippen molar-refractivity contribution in [2.45, 2.75) is 51.6 Å². The molecule has 0 radical (unpaired) electrons. The van der Waals surface area contributed by atoms with Crippen LogP contribution in [0.2, 0.25) is 0 Å². The zero-order valence-electron chi connectivity index (χ0n) is 13.6. The SMILES string of the molecule is CCSN1CCC(OCCC2CC2C2CCNCC2)CC1. The zero-order chi connectivity index (χ0) is 14.5. The van der Waals surface area contributed by atoms with Crippen molar-refractivity contribution in [3.8, 4) is 0 Å². The molecule has 2 saturated heterocycles. The average molecular weight is 313 g/mol. The third kappa shape index (κ3) is 4.85. The summed E-state index contributed by atoms with van der Waals surface area (Å²) in [5.41, 5.74) is 0. The predicted molar refractivity (Wildman–Crippen MR) is 90.5 cm³/mol. The molecule has 2 aliphatic heterocycles. The number of nitrogens with one attached hydrogen (secondary N) is 1. The second-order valence-corrected chi connectivity index (χ2v) is 8.30. The van der Waals surface area contributed by atoms with Crippen LogP contribution >= 0.6 is 11.9 Å². The van der Waals surface area contributed by atoms with Crippen LogP contribution in [0.3, 0.4) is 0 Å². The van der Waals surface area contributed by atoms with Gasteiger partial charge in [0.05, 0.1) is 6.10 Å². The fourth-order valence-electron chi connectivity index (χ4n) is 4.15. The molecule has 21 heavy (non-hydrogen) atoms. The van der Waals surface area contributed by atoms with Crippen molar-refractivity contribution in [1.82, 2.24) is 9.62 Å². The van der Waals surface area contributed by atoms with Gasteiger partial charge in [-0.15, -0.1) is 0 Å². The Bertz CT molecular complexity index is 301. The molecule has 4 heteroatoms. The highest BCUT2D eigenvalue weighted by Gasteiger charge is 2.42. The Morgan fingerprint density at radius 2 is 1.90 bits per heavy atom. The summed E-state index contributed by atoms with van der Waals surface area (Å²) in [5, 5.41) is 3.48. The molecule has 1 aliphatic carbocycles. The lowest BCUT2D eigenvalue weighted by Crippen LogP contribution is -2.33. The van der Waals surface area contributed by atoms with Crippen LogP contribution in [0, 0.1) is 17.8 Å². The third-order valence-electron chi connectivity index (χ3n) is 5.52. The van der Waals surface area contributed by atoms with Crippen LogP contribution in [0.15, 0.2) is 0 Å². The van der Waals surface area contributed by atoms with E-state index in [1.165, 1.54) is 70.5 Å². The van der Waals surface area contributed by atoms with E-state index in [2.05, 4.69) is 16.5 Å². The minimum absolute atomic E-state index is 0.537. The Hall–Kier alpha value is 0.230. The van der Waals surface area contributed by atoms with Gasteiger partial charge in [0.1, 0.15) is 0 Å². The Morgan fingerprint density at radius 1 is 1.14 bits per heavy atom. The summed E-state index contributed by atoms with van der Waals surface area (Å²) in [6.45, 7) is 8.17. The Kier molecular flexibility index (Phi) is 6.28. The molecule has 3 fully saturated rings. The highest BCUT2D eigenvalue weighted by Crippen LogP contribution is 2.49. The second-order valence-electron chi connectivity index (χ2n) is 6.95. The van der Waals surface area contributed by atoms with Gasteiger partial charge in [-0.25, -0.2) is 0 Å². The van der Waals surface area contributed by atoms with E-state index >= 15 is 0 Å². The lowest BCUT2D eigenvalue weighted by Gasteiger charge is -2.30. The number of hydrogen-bond acceptors (Lipinski definition) is 4. The first-order chi connectivity index (χ1) is 10.4. The Labute approximate surface area is 134 Å². The topological polar surface area (TPSA) is 24.5 Å². The van der Waals surface area contributed by atoms with Crippen LogP contribution in [-0.4, -0.2) is 48.9 Å². The standard InChI is InChI=1S/C17H32N2OS/c1-2-21-19-10-5-16(6-11-19)20-12-7-15-13-17(15)14-3-8-18-9-4-14/h14-18H,2-13H2,1H3. The molecule has 2 atom stereocenters. The normalized spacial score (nSPS) is 32.4. The number of piperidine rings is 2. The van der Waals surface area contributed by atoms with Gasteiger partial charge in [0.15, 0.2) is 0 Å². The lowest BCUT2D eigenvalue weighted by atomic mass is 9.91. The molecule has 2 unspecified atom stereocenters. The van der Waals surface area contributed by atoms with Gasteiger partial charge in [0, 0.05) is 25.4 Å². The molecule has 0 aromatic heterocycles. The van der Waals surface area contributed by atoms with Crippen molar-refractivity contribution < 1.29 is 4.74 Å². The zero-order valence-corrected chi connectivity index (χ0v) is 14.4. The summed E-state index contributed by atoms with van der Waals surface area (Å²) >= 11 is 1.98. The highest BCUT2D eigenvalue weighted by molar-refractivity contribution is 7.96. The first-order valence-corrected chi connectivity index (χ1v) is 10.0. The first-order valence-electron chi connectivity index (χ1n) is 9.07. The molecular weight excluding hydrogens is 280 g/mol. The summed E-state index contributed by atoms with van der Waals surface area (Å²) in [7, 11) is 0. The number of nitrogens with zero attached hydrogens (tertiary/aromatic N) is 1. The van der Waals surface area contributed by atoms with Crippen molar-refractivity contribution in [2.24, 2.45) is 17.8 Å². The van der Waals surface area contributed by atoms with Gasteiger partial charge in [-0.3, -0.25) is 4.31 Å². The van der Waals surface area contributed by atoms with Gasteiger partial charge in [0.25, 0.3) is 0 Å². The summed E-state index contributed by atoms with van der Waals surface area (Å²) in [6.07, 6.45) is 8.63. The molecule has 1 N–H and O–H groups in total. The van der Waals surface area contributed by atoms with Crippen molar-refractivity contribution in [3.63, 3.8) is 0 Å². The van der Waals surface area contributed by atoms with Crippen LogP contribution < -0.4 is 5.32 Å². The average Bonchev–Trinajstić information content (AvgIpc) is 3.30. The molecule has 0 amide bonds. The molecule has 1 saturated carbocycles. The van der Waals surface area contributed by atoms with Crippen molar-refractivity contribution >= 4 is 11.9 Å². The maximum absolute atomic E-state index is 6.15. The maximum atomic E-state index is 6.15. The van der Waals surface area contributed by atoms with Crippen molar-refractivity contribution in [2.75, 3.05) is 38.5 Å². The number of hydrogen-bond donors (Lipinski definition) is 1. The minimum Gasteiger partial charge on any atom is -0.378 e. The van der Waals surface area contributed by atoms with E-state index in [0.29, 0.717) is 6.10 Å². The largest absolute Gasteiger partial charge is 0.378 e. The van der Waals surface area contributed by atoms with Crippen molar-refractivity contribution in [3.05, 3.63) is 0 Å². The van der Waals surface area contributed by atoms with Gasteiger partial charge in [-0.1, -0.05) is 18.9 Å². The van der Waals surface area contributed by atoms with E-state index < -0.39 is 0 Å². The summed E-state index contributed by atoms with van der Waals surface area (Å²) < 4.78 is 8.66. The first kappa shape index (κ1) is 16.1. The molecule has 0 aromatic rings. The lowest BCUT2D eigenvalue weighted by molar-refractivity contribution is 0.0187. The van der Waals surface area contributed by atoms with Crippen LogP contribution in [0.25, 0.3) is 0 Å².